The van der Waals surface area contributed by atoms with Crippen molar-refractivity contribution in [1.82, 2.24) is 0 Å². The molecule has 114 valence electrons. The molecule has 0 aromatic rings. The van der Waals surface area contributed by atoms with Gasteiger partial charge in [0.1, 0.15) is 13.2 Å². The Morgan fingerprint density at radius 3 is 2.15 bits per heavy atom. The van der Waals surface area contributed by atoms with Crippen LogP contribution >= 0.6 is 0 Å². The van der Waals surface area contributed by atoms with Crippen LogP contribution in [0.5, 0.6) is 0 Å². The fourth-order valence-electron chi connectivity index (χ4n) is 1.02. The minimum Gasteiger partial charge on any atom is -0.460 e. The van der Waals surface area contributed by atoms with E-state index in [-0.39, 0.29) is 25.4 Å². The first-order chi connectivity index (χ1) is 9.38. The van der Waals surface area contributed by atoms with E-state index in [1.807, 2.05) is 0 Å². The number of esters is 2. The van der Waals surface area contributed by atoms with Gasteiger partial charge < -0.3 is 18.9 Å². The van der Waals surface area contributed by atoms with E-state index in [1.165, 1.54) is 0 Å². The van der Waals surface area contributed by atoms with Crippen molar-refractivity contribution in [3.8, 4) is 0 Å². The standard InChI is InChI=1S/C14H22O6/c1-6-18-12(20-14(16)11(4)5)9-17-7-8-19-13(15)10(2)3/h12H,2,4,6-9H2,1,3,5H3. The Bertz CT molecular complexity index is 361. The van der Waals surface area contributed by atoms with E-state index < -0.39 is 18.2 Å². The van der Waals surface area contributed by atoms with Gasteiger partial charge in [-0.2, -0.15) is 0 Å². The molecule has 0 spiro atoms. The number of hydrogen-bond donors (Lipinski definition) is 0. The average molecular weight is 286 g/mol. The zero-order valence-electron chi connectivity index (χ0n) is 12.3. The molecule has 0 rings (SSSR count). The second kappa shape index (κ2) is 10.2. The summed E-state index contributed by atoms with van der Waals surface area (Å²) in [6.45, 7) is 12.5. The van der Waals surface area contributed by atoms with E-state index in [4.69, 9.17) is 18.9 Å². The van der Waals surface area contributed by atoms with Crippen LogP contribution < -0.4 is 0 Å². The molecule has 6 heteroatoms. The monoisotopic (exact) mass is 286 g/mol. The molecule has 0 saturated heterocycles. The first kappa shape index (κ1) is 18.3. The summed E-state index contributed by atoms with van der Waals surface area (Å²) in [6, 6.07) is 0. The zero-order valence-corrected chi connectivity index (χ0v) is 12.3. The van der Waals surface area contributed by atoms with Crippen LogP contribution in [-0.4, -0.2) is 44.7 Å². The van der Waals surface area contributed by atoms with Gasteiger partial charge in [0, 0.05) is 17.8 Å². The van der Waals surface area contributed by atoms with Crippen LogP contribution in [0, 0.1) is 0 Å². The quantitative estimate of drug-likeness (QED) is 0.263. The van der Waals surface area contributed by atoms with E-state index in [0.29, 0.717) is 12.2 Å². The summed E-state index contributed by atoms with van der Waals surface area (Å²) >= 11 is 0. The van der Waals surface area contributed by atoms with Crippen LogP contribution in [0.4, 0.5) is 0 Å². The highest BCUT2D eigenvalue weighted by atomic mass is 16.7. The van der Waals surface area contributed by atoms with Crippen molar-refractivity contribution in [2.75, 3.05) is 26.4 Å². The molecule has 0 aromatic carbocycles. The summed E-state index contributed by atoms with van der Waals surface area (Å²) in [5, 5.41) is 0. The van der Waals surface area contributed by atoms with E-state index >= 15 is 0 Å². The minimum absolute atomic E-state index is 0.0531. The smallest absolute Gasteiger partial charge is 0.335 e. The molecular formula is C14H22O6. The Morgan fingerprint density at radius 2 is 1.65 bits per heavy atom. The van der Waals surface area contributed by atoms with Crippen LogP contribution in [0.2, 0.25) is 0 Å². The zero-order chi connectivity index (χ0) is 15.5. The van der Waals surface area contributed by atoms with E-state index in [0.717, 1.165) is 0 Å². The molecule has 0 fully saturated rings. The molecular weight excluding hydrogens is 264 g/mol. The Kier molecular flexibility index (Phi) is 9.32. The second-order valence-electron chi connectivity index (χ2n) is 4.06. The molecule has 6 nitrogen and oxygen atoms in total. The fourth-order valence-corrected chi connectivity index (χ4v) is 1.02. The lowest BCUT2D eigenvalue weighted by molar-refractivity contribution is -0.186. The molecule has 0 saturated carbocycles. The van der Waals surface area contributed by atoms with Crippen LogP contribution in [0.1, 0.15) is 20.8 Å². The molecule has 0 aromatic heterocycles. The summed E-state index contributed by atoms with van der Waals surface area (Å²) in [5.74, 6) is -1.01. The lowest BCUT2D eigenvalue weighted by atomic mass is 10.4. The van der Waals surface area contributed by atoms with Gasteiger partial charge in [-0.3, -0.25) is 0 Å². The Hall–Kier alpha value is -1.66. The highest BCUT2D eigenvalue weighted by Crippen LogP contribution is 2.02. The Labute approximate surface area is 119 Å². The van der Waals surface area contributed by atoms with E-state index in [1.54, 1.807) is 20.8 Å². The van der Waals surface area contributed by atoms with Crippen molar-refractivity contribution in [1.29, 1.82) is 0 Å². The fraction of sp³-hybridized carbons (Fsp3) is 0.571. The van der Waals surface area contributed by atoms with Gasteiger partial charge in [-0.05, 0) is 20.8 Å². The number of carbonyl (C=O) groups excluding carboxylic acids is 2. The highest BCUT2D eigenvalue weighted by Gasteiger charge is 2.15. The van der Waals surface area contributed by atoms with Gasteiger partial charge in [-0.1, -0.05) is 13.2 Å². The summed E-state index contributed by atoms with van der Waals surface area (Å²) in [5.41, 5.74) is 0.609. The summed E-state index contributed by atoms with van der Waals surface area (Å²) in [4.78, 5) is 22.4. The number of rotatable bonds is 10. The van der Waals surface area contributed by atoms with Gasteiger partial charge in [0.2, 0.25) is 6.29 Å². The number of carbonyl (C=O) groups is 2. The molecule has 20 heavy (non-hydrogen) atoms. The number of hydrogen-bond acceptors (Lipinski definition) is 6. The van der Waals surface area contributed by atoms with Gasteiger partial charge in [0.25, 0.3) is 0 Å². The third kappa shape index (κ3) is 8.44. The van der Waals surface area contributed by atoms with Gasteiger partial charge in [0.15, 0.2) is 0 Å². The normalized spacial score (nSPS) is 11.6. The molecule has 0 N–H and O–H groups in total. The van der Waals surface area contributed by atoms with Gasteiger partial charge >= 0.3 is 11.9 Å². The molecule has 0 aliphatic rings. The molecule has 1 unspecified atom stereocenters. The van der Waals surface area contributed by atoms with Crippen molar-refractivity contribution in [3.05, 3.63) is 24.3 Å². The van der Waals surface area contributed by atoms with Crippen molar-refractivity contribution in [3.63, 3.8) is 0 Å². The lowest BCUT2D eigenvalue weighted by Crippen LogP contribution is -2.27. The molecule has 0 amide bonds. The van der Waals surface area contributed by atoms with Crippen LogP contribution in [0.3, 0.4) is 0 Å². The summed E-state index contributed by atoms with van der Waals surface area (Å²) in [7, 11) is 0. The molecule has 0 aliphatic carbocycles. The predicted molar refractivity (Wildman–Crippen MR) is 72.9 cm³/mol. The first-order valence-electron chi connectivity index (χ1n) is 6.27. The van der Waals surface area contributed by atoms with Crippen molar-refractivity contribution in [2.45, 2.75) is 27.1 Å². The van der Waals surface area contributed by atoms with E-state index in [2.05, 4.69) is 13.2 Å². The average Bonchev–Trinajstić information content (AvgIpc) is 2.37. The molecule has 0 heterocycles. The summed E-state index contributed by atoms with van der Waals surface area (Å²) in [6.07, 6.45) is -0.805. The maximum absolute atomic E-state index is 11.3. The summed E-state index contributed by atoms with van der Waals surface area (Å²) < 4.78 is 20.3. The van der Waals surface area contributed by atoms with Gasteiger partial charge in [0.05, 0.1) is 6.61 Å². The molecule has 0 bridgehead atoms. The minimum atomic E-state index is -0.805. The van der Waals surface area contributed by atoms with Crippen LogP contribution in [-0.2, 0) is 28.5 Å². The van der Waals surface area contributed by atoms with Crippen LogP contribution in [0.25, 0.3) is 0 Å². The second-order valence-corrected chi connectivity index (χ2v) is 4.06. The lowest BCUT2D eigenvalue weighted by Gasteiger charge is -2.17. The maximum Gasteiger partial charge on any atom is 0.335 e. The third-order valence-electron chi connectivity index (χ3n) is 2.00. The van der Waals surface area contributed by atoms with E-state index in [9.17, 15) is 9.59 Å². The maximum atomic E-state index is 11.3. The van der Waals surface area contributed by atoms with Gasteiger partial charge in [-0.15, -0.1) is 0 Å². The van der Waals surface area contributed by atoms with Crippen molar-refractivity contribution >= 4 is 11.9 Å². The predicted octanol–water partition coefficient (Wildman–Crippen LogP) is 1.60. The Morgan fingerprint density at radius 1 is 1.05 bits per heavy atom. The third-order valence-corrected chi connectivity index (χ3v) is 2.00. The largest absolute Gasteiger partial charge is 0.460 e. The van der Waals surface area contributed by atoms with Crippen molar-refractivity contribution in [2.24, 2.45) is 0 Å². The molecule has 0 radical (unpaired) electrons. The topological polar surface area (TPSA) is 71.1 Å². The van der Waals surface area contributed by atoms with Crippen LogP contribution in [0.15, 0.2) is 24.3 Å². The molecule has 0 aliphatic heterocycles. The Balaban J connectivity index is 3.92. The van der Waals surface area contributed by atoms with Crippen molar-refractivity contribution < 1.29 is 28.5 Å². The first-order valence-corrected chi connectivity index (χ1v) is 6.27. The van der Waals surface area contributed by atoms with Gasteiger partial charge in [-0.25, -0.2) is 9.59 Å². The molecule has 1 atom stereocenters. The highest BCUT2D eigenvalue weighted by molar-refractivity contribution is 5.87. The number of ether oxygens (including phenoxy) is 4. The SMILES string of the molecule is C=C(C)C(=O)OCCOCC(OCC)OC(=O)C(=C)C.